The number of fused-ring (bicyclic) bond motifs is 9. The van der Waals surface area contributed by atoms with Gasteiger partial charge in [0.05, 0.1) is 0 Å². The summed E-state index contributed by atoms with van der Waals surface area (Å²) >= 11 is 0. The van der Waals surface area contributed by atoms with Crippen LogP contribution in [0.3, 0.4) is 0 Å². The second kappa shape index (κ2) is 33.4. The molecule has 2 nitrogen and oxygen atoms in total. The van der Waals surface area contributed by atoms with E-state index in [1.807, 2.05) is 0 Å². The SMILES string of the molecule is CCCCCCC1(CCCCCC)c2cc(-c3ccc(C)cc3)ccc2-c2ccc(-c3ccc(N(c4ccc(-c5cccc(-c6cccc(-c7cc8c(c9ccccc79)CC8)c6)c5)cc4)c4ccc(-c5ccc6c(c5)C(C)(C)c5cc(-c7ccc(N(C)c8cccc(-c9cccc(-c%10cccc(-c%11ccccc%11)c%10)c9)c8)cc7C)ccc5-6)c(C)c4)cc3)cc21. The third-order valence-electron chi connectivity index (χ3n) is 27.9. The van der Waals surface area contributed by atoms with Gasteiger partial charge >= 0.3 is 0 Å². The standard InChI is InChI=1S/C122H108N2/c1-9-11-13-20-67-122(68-21-14-12-10-2)119-77-96(85-43-41-81(3)42-44-85)49-61-114(119)115-62-50-97(78-120(115)122)87-47-56-103(57-48-87)124(102-54-45-86(46-55-102)89-30-23-32-91(72-89)94-35-25-37-98(74-94)116-76-99-51-60-109(99)110-39-18-19-40-111(110)116)106-59-66-108(83(5)70-106)101-53-64-113-112-63-52-100(79-117(112)121(6,7)118(113)80-101)107-65-58-105(69-82(107)4)123(8)104-38-26-36-95(75-104)93-34-24-33-92(73-93)90-31-22-29-88(71-90)84-27-16-15-17-28-84/h15-19,22-50,52-59,61-66,69-80H,9-14,20-21,51,60,67-68H2,1-8H3. The van der Waals surface area contributed by atoms with Gasteiger partial charge in [0, 0.05) is 46.3 Å². The number of hydrogen-bond acceptors (Lipinski definition) is 2. The molecule has 17 aromatic carbocycles. The topological polar surface area (TPSA) is 6.48 Å². The van der Waals surface area contributed by atoms with Gasteiger partial charge in [0.2, 0.25) is 0 Å². The molecule has 0 N–H and O–H groups in total. The molecule has 0 radical (unpaired) electrons. The molecule has 0 saturated carbocycles. The van der Waals surface area contributed by atoms with Crippen LogP contribution in [0.25, 0.3) is 144 Å². The molecule has 3 aliphatic carbocycles. The van der Waals surface area contributed by atoms with E-state index in [2.05, 4.69) is 429 Å². The molecule has 17 aromatic rings. The maximum absolute atomic E-state index is 2.61. The predicted octanol–water partition coefficient (Wildman–Crippen LogP) is 34.3. The molecule has 2 heteroatoms. The van der Waals surface area contributed by atoms with Crippen LogP contribution in [0, 0.1) is 20.8 Å². The number of rotatable bonds is 25. The third kappa shape index (κ3) is 14.9. The molecule has 20 rings (SSSR count). The zero-order chi connectivity index (χ0) is 84.2. The average Bonchev–Trinajstić information content (AvgIpc) is 1.54. The van der Waals surface area contributed by atoms with Gasteiger partial charge in [-0.25, -0.2) is 0 Å². The lowest BCUT2D eigenvalue weighted by molar-refractivity contribution is 0.401. The van der Waals surface area contributed by atoms with Crippen LogP contribution in [-0.2, 0) is 23.7 Å². The van der Waals surface area contributed by atoms with Crippen LogP contribution in [0.15, 0.2) is 364 Å². The first kappa shape index (κ1) is 79.1. The quantitative estimate of drug-likeness (QED) is 0.0526. The lowest BCUT2D eigenvalue weighted by Crippen LogP contribution is -2.25. The molecule has 0 atom stereocenters. The molecular weight excluding hydrogens is 1490 g/mol. The Hall–Kier alpha value is -13.4. The molecule has 0 aromatic heterocycles. The lowest BCUT2D eigenvalue weighted by Gasteiger charge is -2.33. The Morgan fingerprint density at radius 1 is 0.250 bits per heavy atom. The second-order valence-corrected chi connectivity index (χ2v) is 36.1. The predicted molar refractivity (Wildman–Crippen MR) is 530 cm³/mol. The van der Waals surface area contributed by atoms with Gasteiger partial charge in [-0.05, 0) is 344 Å². The Bertz CT molecular complexity index is 6880. The van der Waals surface area contributed by atoms with E-state index in [4.69, 9.17) is 0 Å². The van der Waals surface area contributed by atoms with E-state index >= 15 is 0 Å². The van der Waals surface area contributed by atoms with Crippen molar-refractivity contribution in [3.8, 4) is 134 Å². The lowest BCUT2D eigenvalue weighted by atomic mass is 9.70. The highest BCUT2D eigenvalue weighted by atomic mass is 15.1. The molecule has 0 heterocycles. The van der Waals surface area contributed by atoms with Crippen molar-refractivity contribution in [3.63, 3.8) is 0 Å². The summed E-state index contributed by atoms with van der Waals surface area (Å²) < 4.78 is 0. The van der Waals surface area contributed by atoms with Crippen LogP contribution in [-0.4, -0.2) is 7.05 Å². The number of unbranched alkanes of at least 4 members (excludes halogenated alkanes) is 6. The molecular formula is C122H108N2. The minimum absolute atomic E-state index is 0.0655. The van der Waals surface area contributed by atoms with Gasteiger partial charge < -0.3 is 9.80 Å². The van der Waals surface area contributed by atoms with Crippen molar-refractivity contribution in [2.24, 2.45) is 0 Å². The Labute approximate surface area is 735 Å². The highest BCUT2D eigenvalue weighted by molar-refractivity contribution is 6.01. The molecule has 0 amide bonds. The van der Waals surface area contributed by atoms with Crippen molar-refractivity contribution >= 4 is 39.2 Å². The summed E-state index contributed by atoms with van der Waals surface area (Å²) in [5, 5.41) is 2.74. The van der Waals surface area contributed by atoms with Crippen molar-refractivity contribution in [1.82, 2.24) is 0 Å². The number of aryl methyl sites for hydroxylation is 5. The largest absolute Gasteiger partial charge is 0.345 e. The van der Waals surface area contributed by atoms with Crippen molar-refractivity contribution in [3.05, 3.63) is 414 Å². The molecule has 606 valence electrons. The maximum Gasteiger partial charge on any atom is 0.0464 e. The van der Waals surface area contributed by atoms with Crippen molar-refractivity contribution < 1.29 is 0 Å². The number of nitrogens with zero attached hydrogens (tertiary/aromatic N) is 2. The van der Waals surface area contributed by atoms with Gasteiger partial charge in [0.25, 0.3) is 0 Å². The molecule has 0 bridgehead atoms. The summed E-state index contributed by atoms with van der Waals surface area (Å²) in [5.74, 6) is 0. The zero-order valence-electron chi connectivity index (χ0n) is 73.0. The fraction of sp³-hybridized carbons (Fsp3) is 0.180. The normalized spacial score (nSPS) is 13.1. The Kier molecular flexibility index (Phi) is 21.3. The van der Waals surface area contributed by atoms with E-state index in [1.165, 1.54) is 252 Å². The summed E-state index contributed by atoms with van der Waals surface area (Å²) in [4.78, 5) is 4.78. The summed E-state index contributed by atoms with van der Waals surface area (Å²) in [5.41, 5.74) is 48.0. The molecule has 0 aliphatic heterocycles. The molecule has 0 spiro atoms. The average molecular weight is 1600 g/mol. The van der Waals surface area contributed by atoms with Gasteiger partial charge in [-0.15, -0.1) is 0 Å². The van der Waals surface area contributed by atoms with Crippen LogP contribution in [0.1, 0.15) is 142 Å². The first-order chi connectivity index (χ1) is 60.7. The Balaban J connectivity index is 0.599. The number of anilines is 5. The Morgan fingerprint density at radius 3 is 1.08 bits per heavy atom. The van der Waals surface area contributed by atoms with E-state index in [0.717, 1.165) is 47.7 Å². The molecule has 0 saturated heterocycles. The minimum Gasteiger partial charge on any atom is -0.345 e. The fourth-order valence-electron chi connectivity index (χ4n) is 20.9. The molecule has 0 fully saturated rings. The van der Waals surface area contributed by atoms with Crippen molar-refractivity contribution in [2.75, 3.05) is 16.8 Å². The van der Waals surface area contributed by atoms with E-state index in [-0.39, 0.29) is 10.8 Å². The first-order valence-electron chi connectivity index (χ1n) is 45.5. The monoisotopic (exact) mass is 1600 g/mol. The third-order valence-corrected chi connectivity index (χ3v) is 27.9. The maximum atomic E-state index is 2.61. The minimum atomic E-state index is -0.238. The Morgan fingerprint density at radius 2 is 0.597 bits per heavy atom. The summed E-state index contributed by atoms with van der Waals surface area (Å²) in [7, 11) is 2.19. The van der Waals surface area contributed by atoms with Gasteiger partial charge in [0.15, 0.2) is 0 Å². The first-order valence-corrected chi connectivity index (χ1v) is 45.5. The van der Waals surface area contributed by atoms with E-state index in [1.54, 1.807) is 0 Å². The van der Waals surface area contributed by atoms with Crippen LogP contribution in [0.2, 0.25) is 0 Å². The van der Waals surface area contributed by atoms with Crippen LogP contribution >= 0.6 is 0 Å². The summed E-state index contributed by atoms with van der Waals surface area (Å²) in [6, 6.07) is 139. The van der Waals surface area contributed by atoms with E-state index in [0.29, 0.717) is 0 Å². The van der Waals surface area contributed by atoms with Gasteiger partial charge in [-0.2, -0.15) is 0 Å². The number of benzene rings is 17. The van der Waals surface area contributed by atoms with Crippen LogP contribution in [0.4, 0.5) is 28.4 Å². The number of hydrogen-bond donors (Lipinski definition) is 0. The summed E-state index contributed by atoms with van der Waals surface area (Å²) in [6.07, 6.45) is 14.6. The van der Waals surface area contributed by atoms with E-state index in [9.17, 15) is 0 Å². The molecule has 124 heavy (non-hydrogen) atoms. The smallest absolute Gasteiger partial charge is 0.0464 e. The molecule has 3 aliphatic rings. The van der Waals surface area contributed by atoms with Gasteiger partial charge in [0.1, 0.15) is 0 Å². The van der Waals surface area contributed by atoms with Crippen molar-refractivity contribution in [1.29, 1.82) is 0 Å². The highest BCUT2D eigenvalue weighted by Gasteiger charge is 2.43. The second-order valence-electron chi connectivity index (χ2n) is 36.1. The van der Waals surface area contributed by atoms with Crippen molar-refractivity contribution in [2.45, 2.75) is 136 Å². The zero-order valence-corrected chi connectivity index (χ0v) is 73.0. The highest BCUT2D eigenvalue weighted by Crippen LogP contribution is 2.57. The fourth-order valence-corrected chi connectivity index (χ4v) is 20.9. The van der Waals surface area contributed by atoms with Crippen LogP contribution < -0.4 is 9.80 Å². The molecule has 0 unspecified atom stereocenters. The van der Waals surface area contributed by atoms with Gasteiger partial charge in [-0.1, -0.05) is 339 Å². The van der Waals surface area contributed by atoms with Gasteiger partial charge in [-0.3, -0.25) is 0 Å². The van der Waals surface area contributed by atoms with E-state index < -0.39 is 0 Å². The van der Waals surface area contributed by atoms with Crippen LogP contribution in [0.5, 0.6) is 0 Å². The summed E-state index contributed by atoms with van der Waals surface area (Å²) in [6.45, 7) is 16.3.